The highest BCUT2D eigenvalue weighted by molar-refractivity contribution is 7.79. The van der Waals surface area contributed by atoms with Crippen LogP contribution in [0, 0.1) is 0 Å². The van der Waals surface area contributed by atoms with Crippen molar-refractivity contribution >= 4 is 29.3 Å². The van der Waals surface area contributed by atoms with Crippen LogP contribution >= 0.6 is 12.2 Å². The van der Waals surface area contributed by atoms with E-state index in [1.165, 1.54) is 0 Å². The molecule has 1 aliphatic rings. The molecule has 0 aliphatic carbocycles. The molecule has 0 saturated carbocycles. The summed E-state index contributed by atoms with van der Waals surface area (Å²) in [6.07, 6.45) is 0. The predicted octanol–water partition coefficient (Wildman–Crippen LogP) is 1.54. The Morgan fingerprint density at radius 3 is 2.24 bits per heavy atom. The molecule has 2 rings (SSSR count). The van der Waals surface area contributed by atoms with Gasteiger partial charge in [0.2, 0.25) is 0 Å². The molecule has 0 spiro atoms. The van der Waals surface area contributed by atoms with Gasteiger partial charge < -0.3 is 9.57 Å². The van der Waals surface area contributed by atoms with E-state index in [1.807, 2.05) is 0 Å². The molecule has 0 aromatic heterocycles. The van der Waals surface area contributed by atoms with Gasteiger partial charge in [0.1, 0.15) is 0 Å². The Hall–Kier alpha value is -1.95. The molecule has 6 heteroatoms. The topological polar surface area (TPSA) is 55.8 Å². The fourth-order valence-electron chi connectivity index (χ4n) is 1.47. The average molecular weight is 251 g/mol. The van der Waals surface area contributed by atoms with E-state index in [0.717, 1.165) is 0 Å². The van der Waals surface area contributed by atoms with Crippen LogP contribution in [0.25, 0.3) is 0 Å². The summed E-state index contributed by atoms with van der Waals surface area (Å²) in [7, 11) is 0. The summed E-state index contributed by atoms with van der Waals surface area (Å²) in [5.74, 6) is -1.07. The van der Waals surface area contributed by atoms with Crippen LogP contribution in [0.15, 0.2) is 24.3 Å². The number of hydroxylamine groups is 2. The number of imide groups is 1. The Labute approximate surface area is 103 Å². The van der Waals surface area contributed by atoms with Crippen LogP contribution in [0.1, 0.15) is 27.6 Å². The maximum Gasteiger partial charge on any atom is 0.378 e. The van der Waals surface area contributed by atoms with Crippen molar-refractivity contribution in [3.63, 3.8) is 0 Å². The Morgan fingerprint density at radius 1 is 1.24 bits per heavy atom. The number of thiocarbonyl (C=S) groups is 1. The van der Waals surface area contributed by atoms with Crippen LogP contribution in [0.2, 0.25) is 0 Å². The minimum atomic E-state index is -0.535. The van der Waals surface area contributed by atoms with Crippen LogP contribution < -0.4 is 0 Å². The lowest BCUT2D eigenvalue weighted by Gasteiger charge is -2.13. The molecule has 0 radical (unpaired) electrons. The fourth-order valence-corrected chi connectivity index (χ4v) is 1.66. The Bertz CT molecular complexity index is 465. The number of carbonyl (C=O) groups is 2. The molecule has 2 amide bonds. The molecule has 17 heavy (non-hydrogen) atoms. The van der Waals surface area contributed by atoms with Crippen molar-refractivity contribution in [1.29, 1.82) is 0 Å². The normalized spacial score (nSPS) is 13.6. The summed E-state index contributed by atoms with van der Waals surface area (Å²) in [5, 5.41) is 0.366. The van der Waals surface area contributed by atoms with Gasteiger partial charge >= 0.3 is 5.24 Å². The Kier molecular flexibility index (Phi) is 3.06. The summed E-state index contributed by atoms with van der Waals surface area (Å²) in [6, 6.07) is 6.47. The second kappa shape index (κ2) is 4.50. The minimum absolute atomic E-state index is 0.248. The quantitative estimate of drug-likeness (QED) is 0.589. The molecule has 1 heterocycles. The maximum atomic E-state index is 11.8. The molecule has 0 fully saturated rings. The summed E-state index contributed by atoms with van der Waals surface area (Å²) < 4.78 is 4.86. The van der Waals surface area contributed by atoms with Crippen LogP contribution in [0.5, 0.6) is 0 Å². The first-order chi connectivity index (χ1) is 8.15. The van der Waals surface area contributed by atoms with Gasteiger partial charge in [0.15, 0.2) is 0 Å². The zero-order chi connectivity index (χ0) is 12.4. The third-order valence-electron chi connectivity index (χ3n) is 2.18. The molecular weight excluding hydrogens is 242 g/mol. The zero-order valence-electron chi connectivity index (χ0n) is 9.00. The van der Waals surface area contributed by atoms with Gasteiger partial charge in [-0.05, 0) is 19.1 Å². The van der Waals surface area contributed by atoms with Crippen molar-refractivity contribution in [3.05, 3.63) is 35.4 Å². The van der Waals surface area contributed by atoms with Gasteiger partial charge in [-0.1, -0.05) is 17.2 Å². The highest BCUT2D eigenvalue weighted by atomic mass is 32.1. The average Bonchev–Trinajstić information content (AvgIpc) is 2.56. The number of hydrogen-bond donors (Lipinski definition) is 0. The number of ether oxygens (including phenoxy) is 1. The largest absolute Gasteiger partial charge is 0.456 e. The second-order valence-corrected chi connectivity index (χ2v) is 3.56. The number of amides is 2. The number of carbonyl (C=O) groups excluding carboxylic acids is 2. The van der Waals surface area contributed by atoms with E-state index in [1.54, 1.807) is 31.2 Å². The highest BCUT2D eigenvalue weighted by Gasteiger charge is 2.38. The first-order valence-corrected chi connectivity index (χ1v) is 5.38. The standard InChI is InChI=1S/C11H9NO4S/c1-2-15-11(17)16-12-9(13)7-5-3-4-6-8(7)10(12)14/h3-6H,2H2,1H3. The van der Waals surface area contributed by atoms with Gasteiger partial charge in [-0.25, -0.2) is 0 Å². The molecule has 0 unspecified atom stereocenters. The molecule has 0 N–H and O–H groups in total. The Balaban J connectivity index is 2.22. The van der Waals surface area contributed by atoms with Crippen molar-refractivity contribution < 1.29 is 19.2 Å². The SMILES string of the molecule is CCOC(=S)ON1C(=O)c2ccccc2C1=O. The molecular formula is C11H9NO4S. The van der Waals surface area contributed by atoms with Crippen LogP contribution in [-0.2, 0) is 9.57 Å². The lowest BCUT2D eigenvalue weighted by atomic mass is 10.1. The first-order valence-electron chi connectivity index (χ1n) is 4.97. The van der Waals surface area contributed by atoms with Crippen molar-refractivity contribution in [2.45, 2.75) is 6.92 Å². The van der Waals surface area contributed by atoms with Crippen molar-refractivity contribution in [3.8, 4) is 0 Å². The van der Waals surface area contributed by atoms with E-state index in [-0.39, 0.29) is 5.24 Å². The van der Waals surface area contributed by atoms with E-state index < -0.39 is 11.8 Å². The molecule has 0 atom stereocenters. The van der Waals surface area contributed by atoms with E-state index in [9.17, 15) is 9.59 Å². The van der Waals surface area contributed by atoms with E-state index >= 15 is 0 Å². The van der Waals surface area contributed by atoms with Crippen LogP contribution in [0.3, 0.4) is 0 Å². The summed E-state index contributed by atoms with van der Waals surface area (Å²) in [5.41, 5.74) is 0.605. The van der Waals surface area contributed by atoms with Gasteiger partial charge in [-0.15, -0.1) is 0 Å². The predicted molar refractivity (Wildman–Crippen MR) is 62.3 cm³/mol. The molecule has 88 valence electrons. The van der Waals surface area contributed by atoms with Gasteiger partial charge in [-0.2, -0.15) is 0 Å². The summed E-state index contributed by atoms with van der Waals surface area (Å²) in [6.45, 7) is 2.03. The zero-order valence-corrected chi connectivity index (χ0v) is 9.82. The van der Waals surface area contributed by atoms with Crippen LogP contribution in [-0.4, -0.2) is 28.7 Å². The lowest BCUT2D eigenvalue weighted by Crippen LogP contribution is -2.32. The number of nitrogens with zero attached hydrogens (tertiary/aromatic N) is 1. The van der Waals surface area contributed by atoms with E-state index in [0.29, 0.717) is 22.8 Å². The number of benzene rings is 1. The molecule has 0 bridgehead atoms. The molecule has 5 nitrogen and oxygen atoms in total. The minimum Gasteiger partial charge on any atom is -0.456 e. The second-order valence-electron chi connectivity index (χ2n) is 3.22. The third kappa shape index (κ3) is 1.99. The Morgan fingerprint density at radius 2 is 1.76 bits per heavy atom. The fraction of sp³-hybridized carbons (Fsp3) is 0.182. The highest BCUT2D eigenvalue weighted by Crippen LogP contribution is 2.22. The van der Waals surface area contributed by atoms with Crippen LogP contribution in [0.4, 0.5) is 0 Å². The van der Waals surface area contributed by atoms with E-state index in [2.05, 4.69) is 0 Å². The van der Waals surface area contributed by atoms with Gasteiger partial charge in [-0.3, -0.25) is 9.59 Å². The third-order valence-corrected chi connectivity index (χ3v) is 2.38. The van der Waals surface area contributed by atoms with Crippen molar-refractivity contribution in [2.75, 3.05) is 6.61 Å². The van der Waals surface area contributed by atoms with E-state index in [4.69, 9.17) is 21.8 Å². The maximum absolute atomic E-state index is 11.8. The van der Waals surface area contributed by atoms with Gasteiger partial charge in [0, 0.05) is 12.2 Å². The molecule has 1 aliphatic heterocycles. The lowest BCUT2D eigenvalue weighted by molar-refractivity contribution is -0.0385. The van der Waals surface area contributed by atoms with Gasteiger partial charge in [0.25, 0.3) is 11.8 Å². The number of rotatable bonds is 2. The summed E-state index contributed by atoms with van der Waals surface area (Å²) in [4.78, 5) is 28.5. The van der Waals surface area contributed by atoms with Crippen molar-refractivity contribution in [1.82, 2.24) is 5.06 Å². The number of hydrogen-bond acceptors (Lipinski definition) is 5. The summed E-state index contributed by atoms with van der Waals surface area (Å²) >= 11 is 4.72. The van der Waals surface area contributed by atoms with Crippen molar-refractivity contribution in [2.24, 2.45) is 0 Å². The van der Waals surface area contributed by atoms with Gasteiger partial charge in [0.05, 0.1) is 17.7 Å². The first kappa shape index (κ1) is 11.5. The molecule has 1 aromatic carbocycles. The molecule has 1 aromatic rings. The smallest absolute Gasteiger partial charge is 0.378 e. The molecule has 0 saturated heterocycles. The monoisotopic (exact) mass is 251 g/mol. The number of fused-ring (bicyclic) bond motifs is 1.